The van der Waals surface area contributed by atoms with Gasteiger partial charge in [-0.2, -0.15) is 0 Å². The van der Waals surface area contributed by atoms with E-state index in [1.54, 1.807) is 13.8 Å². The van der Waals surface area contributed by atoms with Crippen LogP contribution < -0.4 is 5.32 Å². The molecular weight excluding hydrogens is 278 g/mol. The maximum Gasteiger partial charge on any atom is 0.323 e. The van der Waals surface area contributed by atoms with Crippen LogP contribution in [0.4, 0.5) is 5.82 Å². The molecule has 0 aromatic carbocycles. The van der Waals surface area contributed by atoms with Gasteiger partial charge in [-0.3, -0.25) is 9.59 Å². The SMILES string of the molecule is CCC(CC)(CNC(=O)c1ccc([N+](=O)[O-])n1C)C(=O)O. The Bertz CT molecular complexity index is 560. The molecule has 0 atom stereocenters. The highest BCUT2D eigenvalue weighted by Crippen LogP contribution is 2.26. The van der Waals surface area contributed by atoms with Crippen LogP contribution in [0.25, 0.3) is 0 Å². The standard InChI is InChI=1S/C13H19N3O5/c1-4-13(5-2,12(18)19)8-14-11(17)9-6-7-10(15(9)3)16(20)21/h6-7H,4-5,8H2,1-3H3,(H,14,17)(H,18,19). The molecule has 0 saturated heterocycles. The van der Waals surface area contributed by atoms with Crippen LogP contribution in [0.2, 0.25) is 0 Å². The third-order valence-electron chi connectivity index (χ3n) is 3.91. The maximum absolute atomic E-state index is 12.1. The van der Waals surface area contributed by atoms with Gasteiger partial charge in [-0.1, -0.05) is 13.8 Å². The second kappa shape index (κ2) is 6.38. The van der Waals surface area contributed by atoms with Crippen molar-refractivity contribution in [1.82, 2.24) is 9.88 Å². The first-order chi connectivity index (χ1) is 9.79. The summed E-state index contributed by atoms with van der Waals surface area (Å²) in [5.41, 5.74) is -0.902. The van der Waals surface area contributed by atoms with Crippen molar-refractivity contribution < 1.29 is 19.6 Å². The van der Waals surface area contributed by atoms with E-state index in [1.807, 2.05) is 0 Å². The van der Waals surface area contributed by atoms with Gasteiger partial charge in [0, 0.05) is 12.6 Å². The zero-order valence-electron chi connectivity index (χ0n) is 12.3. The van der Waals surface area contributed by atoms with Crippen LogP contribution in [0.3, 0.4) is 0 Å². The molecule has 0 spiro atoms. The second-order valence-corrected chi connectivity index (χ2v) is 4.87. The fourth-order valence-corrected chi connectivity index (χ4v) is 2.13. The van der Waals surface area contributed by atoms with Crippen LogP contribution in [0.15, 0.2) is 12.1 Å². The van der Waals surface area contributed by atoms with Crippen LogP contribution in [0.5, 0.6) is 0 Å². The molecule has 8 heteroatoms. The van der Waals surface area contributed by atoms with Crippen molar-refractivity contribution in [1.29, 1.82) is 0 Å². The first kappa shape index (κ1) is 16.7. The molecule has 1 amide bonds. The molecule has 1 heterocycles. The Morgan fingerprint density at radius 3 is 2.33 bits per heavy atom. The quantitative estimate of drug-likeness (QED) is 0.585. The van der Waals surface area contributed by atoms with Crippen molar-refractivity contribution in [3.63, 3.8) is 0 Å². The van der Waals surface area contributed by atoms with E-state index in [-0.39, 0.29) is 18.1 Å². The number of carbonyl (C=O) groups is 2. The lowest BCUT2D eigenvalue weighted by Crippen LogP contribution is -2.42. The molecule has 0 aliphatic carbocycles. The summed E-state index contributed by atoms with van der Waals surface area (Å²) >= 11 is 0. The molecule has 21 heavy (non-hydrogen) atoms. The summed E-state index contributed by atoms with van der Waals surface area (Å²) in [4.78, 5) is 33.5. The van der Waals surface area contributed by atoms with E-state index < -0.39 is 22.2 Å². The normalized spacial score (nSPS) is 11.2. The molecule has 0 unspecified atom stereocenters. The number of hydrogen-bond acceptors (Lipinski definition) is 4. The Kier molecular flexibility index (Phi) is 5.07. The Hall–Kier alpha value is -2.38. The molecule has 0 fully saturated rings. The van der Waals surface area contributed by atoms with Crippen LogP contribution in [-0.2, 0) is 11.8 Å². The Morgan fingerprint density at radius 2 is 1.95 bits per heavy atom. The van der Waals surface area contributed by atoms with Gasteiger partial charge in [0.15, 0.2) is 5.69 Å². The van der Waals surface area contributed by atoms with E-state index in [4.69, 9.17) is 0 Å². The molecule has 8 nitrogen and oxygen atoms in total. The first-order valence-corrected chi connectivity index (χ1v) is 6.60. The fourth-order valence-electron chi connectivity index (χ4n) is 2.13. The van der Waals surface area contributed by atoms with Gasteiger partial charge in [0.2, 0.25) is 0 Å². The summed E-state index contributed by atoms with van der Waals surface area (Å²) in [7, 11) is 1.41. The molecule has 1 aromatic heterocycles. The molecule has 0 aliphatic rings. The molecule has 1 aromatic rings. The zero-order valence-corrected chi connectivity index (χ0v) is 12.3. The average molecular weight is 297 g/mol. The summed E-state index contributed by atoms with van der Waals surface area (Å²) in [6.07, 6.45) is 0.763. The van der Waals surface area contributed by atoms with Crippen LogP contribution in [0, 0.1) is 15.5 Å². The number of nitrogens with zero attached hydrogens (tertiary/aromatic N) is 2. The van der Waals surface area contributed by atoms with Crippen LogP contribution in [-0.4, -0.2) is 33.0 Å². The highest BCUT2D eigenvalue weighted by molar-refractivity contribution is 5.93. The molecule has 0 saturated carbocycles. The Labute approximate surface area is 121 Å². The summed E-state index contributed by atoms with van der Waals surface area (Å²) in [5.74, 6) is -1.69. The van der Waals surface area contributed by atoms with Gasteiger partial charge in [0.25, 0.3) is 5.91 Å². The highest BCUT2D eigenvalue weighted by atomic mass is 16.6. The van der Waals surface area contributed by atoms with E-state index in [2.05, 4.69) is 5.32 Å². The van der Waals surface area contributed by atoms with E-state index in [0.29, 0.717) is 12.8 Å². The van der Waals surface area contributed by atoms with Gasteiger partial charge in [-0.25, -0.2) is 4.57 Å². The lowest BCUT2D eigenvalue weighted by Gasteiger charge is -2.26. The van der Waals surface area contributed by atoms with Gasteiger partial charge in [-0.05, 0) is 23.8 Å². The molecule has 0 radical (unpaired) electrons. The van der Waals surface area contributed by atoms with E-state index >= 15 is 0 Å². The number of rotatable bonds is 7. The number of aromatic nitrogens is 1. The van der Waals surface area contributed by atoms with Crippen molar-refractivity contribution in [2.24, 2.45) is 12.5 Å². The molecule has 0 aliphatic heterocycles. The minimum absolute atomic E-state index is 0.0207. The van der Waals surface area contributed by atoms with Crippen molar-refractivity contribution >= 4 is 17.7 Å². The van der Waals surface area contributed by atoms with E-state index in [9.17, 15) is 24.8 Å². The van der Waals surface area contributed by atoms with Gasteiger partial charge in [0.05, 0.1) is 12.5 Å². The van der Waals surface area contributed by atoms with Gasteiger partial charge < -0.3 is 20.5 Å². The van der Waals surface area contributed by atoms with Crippen LogP contribution >= 0.6 is 0 Å². The molecule has 0 bridgehead atoms. The lowest BCUT2D eigenvalue weighted by molar-refractivity contribution is -0.391. The highest BCUT2D eigenvalue weighted by Gasteiger charge is 2.35. The van der Waals surface area contributed by atoms with Gasteiger partial charge in [-0.15, -0.1) is 0 Å². The average Bonchev–Trinajstić information content (AvgIpc) is 2.82. The van der Waals surface area contributed by atoms with Crippen LogP contribution in [0.1, 0.15) is 37.2 Å². The third-order valence-corrected chi connectivity index (χ3v) is 3.91. The number of nitro groups is 1. The number of carboxylic acid groups (broad SMARTS) is 1. The topological polar surface area (TPSA) is 114 Å². The molecule has 116 valence electrons. The summed E-state index contributed by atoms with van der Waals surface area (Å²) in [6.45, 7) is 3.47. The summed E-state index contributed by atoms with van der Waals surface area (Å²) in [6, 6.07) is 2.58. The molecule has 2 N–H and O–H groups in total. The monoisotopic (exact) mass is 297 g/mol. The number of nitrogens with one attached hydrogen (secondary N) is 1. The molecular formula is C13H19N3O5. The smallest absolute Gasteiger partial charge is 0.323 e. The predicted molar refractivity (Wildman–Crippen MR) is 75.1 cm³/mol. The van der Waals surface area contributed by atoms with E-state index in [0.717, 1.165) is 4.57 Å². The number of carbonyl (C=O) groups excluding carboxylic acids is 1. The largest absolute Gasteiger partial charge is 0.481 e. The third kappa shape index (κ3) is 3.21. The number of amides is 1. The summed E-state index contributed by atoms with van der Waals surface area (Å²) < 4.78 is 1.16. The first-order valence-electron chi connectivity index (χ1n) is 6.60. The van der Waals surface area contributed by atoms with Crippen molar-refractivity contribution in [2.75, 3.05) is 6.54 Å². The number of aliphatic carboxylic acids is 1. The van der Waals surface area contributed by atoms with Crippen molar-refractivity contribution in [3.05, 3.63) is 27.9 Å². The second-order valence-electron chi connectivity index (χ2n) is 4.87. The fraction of sp³-hybridized carbons (Fsp3) is 0.538. The van der Waals surface area contributed by atoms with Crippen molar-refractivity contribution in [3.8, 4) is 0 Å². The zero-order chi connectivity index (χ0) is 16.2. The number of hydrogen-bond donors (Lipinski definition) is 2. The van der Waals surface area contributed by atoms with Gasteiger partial charge in [0.1, 0.15) is 0 Å². The van der Waals surface area contributed by atoms with E-state index in [1.165, 1.54) is 19.2 Å². The Morgan fingerprint density at radius 1 is 1.38 bits per heavy atom. The minimum atomic E-state index is -1.02. The Balaban J connectivity index is 2.87. The predicted octanol–water partition coefficient (Wildman–Crippen LogP) is 1.55. The minimum Gasteiger partial charge on any atom is -0.481 e. The maximum atomic E-state index is 12.1. The van der Waals surface area contributed by atoms with Gasteiger partial charge >= 0.3 is 11.8 Å². The summed E-state index contributed by atoms with van der Waals surface area (Å²) in [5, 5.41) is 22.6. The molecule has 1 rings (SSSR count). The number of carboxylic acids is 1. The lowest BCUT2D eigenvalue weighted by atomic mass is 9.82. The van der Waals surface area contributed by atoms with Crippen molar-refractivity contribution in [2.45, 2.75) is 26.7 Å².